The Morgan fingerprint density at radius 1 is 0.875 bits per heavy atom. The molecular weight excluding hydrogens is 207 g/mol. The molecule has 0 spiro atoms. The van der Waals surface area contributed by atoms with Crippen LogP contribution in [0.25, 0.3) is 0 Å². The Labute approximate surface area is 51.3 Å². The molecule has 0 bridgehead atoms. The molecule has 0 aromatic heterocycles. The first-order chi connectivity index (χ1) is 3.41. The Balaban J connectivity index is 0. The van der Waals surface area contributed by atoms with Gasteiger partial charge < -0.3 is 0 Å². The predicted molar refractivity (Wildman–Crippen MR) is 12.4 cm³/mol. The molecule has 0 rings (SSSR count). The summed E-state index contributed by atoms with van der Waals surface area (Å²) in [7, 11) is -6.61. The number of hydrogen-bond donors (Lipinski definition) is 0. The predicted octanol–water partition coefficient (Wildman–Crippen LogP) is 2.14. The Kier molecular flexibility index (Phi) is 7.81. The van der Waals surface area contributed by atoms with Crippen LogP contribution in [0.5, 0.6) is 0 Å². The van der Waals surface area contributed by atoms with Crippen LogP contribution in [0.4, 0.5) is 23.1 Å². The van der Waals surface area contributed by atoms with E-state index in [2.05, 4.69) is 0 Å². The van der Waals surface area contributed by atoms with Crippen molar-refractivity contribution in [1.29, 1.82) is 0 Å². The molecule has 0 radical (unpaired) electrons. The molecule has 0 unspecified atom stereocenters. The van der Waals surface area contributed by atoms with Gasteiger partial charge in [-0.3, -0.25) is 0 Å². The monoisotopic (exact) mass is 206 g/mol. The fourth-order valence-electron chi connectivity index (χ4n) is 0. The van der Waals surface area contributed by atoms with Gasteiger partial charge in [0.05, 0.1) is 0 Å². The summed E-state index contributed by atoms with van der Waals surface area (Å²) in [5.41, 5.74) is 0. The van der Waals surface area contributed by atoms with Crippen molar-refractivity contribution in [1.82, 2.24) is 0 Å². The molecule has 0 aliphatic carbocycles. The summed E-state index contributed by atoms with van der Waals surface area (Å²) in [6.07, 6.45) is 0. The summed E-state index contributed by atoms with van der Waals surface area (Å²) in [6.45, 7) is 0. The molecule has 0 N–H and O–H groups in total. The number of hydrogen-bond acceptors (Lipinski definition) is 0. The maximum atomic E-state index is 9.83. The fourth-order valence-corrected chi connectivity index (χ4v) is 0. The molecule has 0 heterocycles. The van der Waals surface area contributed by atoms with E-state index in [1.165, 1.54) is 0 Å². The van der Waals surface area contributed by atoms with Gasteiger partial charge in [0.15, 0.2) is 0 Å². The van der Waals surface area contributed by atoms with Crippen LogP contribution in [0.2, 0.25) is 0 Å². The molecule has 0 atom stereocenters. The Bertz CT molecular complexity index is 32.3. The van der Waals surface area contributed by atoms with Gasteiger partial charge in [-0.2, -0.15) is 0 Å². The number of halogens is 6. The third kappa shape index (κ3) is 1070. The van der Waals surface area contributed by atoms with Gasteiger partial charge in [0, 0.05) is 0 Å². The van der Waals surface area contributed by atoms with E-state index in [0.717, 1.165) is 0 Å². The summed E-state index contributed by atoms with van der Waals surface area (Å²) < 4.78 is 58.9. The Morgan fingerprint density at radius 3 is 0.875 bits per heavy atom. The van der Waals surface area contributed by atoms with Gasteiger partial charge in [-0.25, -0.2) is 16.4 Å². The quantitative estimate of drug-likeness (QED) is 0.324. The molecule has 8 heteroatoms. The molecule has 0 amide bonds. The standard InChI is InChI=1S/F4Si.2FH.Zn/c1-5(2,3)4;;;/h;2*1H;/q;;;+2/p-2. The van der Waals surface area contributed by atoms with Crippen LogP contribution in [-0.4, -0.2) is 9.41 Å². The zero-order valence-corrected chi connectivity index (χ0v) is 7.44. The summed E-state index contributed by atoms with van der Waals surface area (Å²) in [6, 6.07) is 0. The van der Waals surface area contributed by atoms with E-state index in [9.17, 15) is 23.1 Å². The van der Waals surface area contributed by atoms with Crippen molar-refractivity contribution < 1.29 is 41.2 Å². The van der Waals surface area contributed by atoms with Crippen LogP contribution in [-0.2, 0) is 18.1 Å². The van der Waals surface area contributed by atoms with Gasteiger partial charge in [0.2, 0.25) is 0 Å². The minimum absolute atomic E-state index is 2.88. The van der Waals surface area contributed by atoms with Crippen molar-refractivity contribution in [2.75, 3.05) is 0 Å². The third-order valence-corrected chi connectivity index (χ3v) is 0. The van der Waals surface area contributed by atoms with Gasteiger partial charge in [0.25, 0.3) is 0 Å². The van der Waals surface area contributed by atoms with Crippen molar-refractivity contribution >= 4 is 9.41 Å². The van der Waals surface area contributed by atoms with E-state index in [4.69, 9.17) is 0 Å². The second kappa shape index (κ2) is 5.56. The molecular formula is F6SiZn. The molecule has 0 aliphatic heterocycles. The van der Waals surface area contributed by atoms with Gasteiger partial charge in [-0.1, -0.05) is 0 Å². The topological polar surface area (TPSA) is 0 Å². The molecule has 0 saturated heterocycles. The molecule has 0 nitrogen and oxygen atoms in total. The third-order valence-electron chi connectivity index (χ3n) is 0. The fraction of sp³-hybridized carbons (Fsp3) is 0. The molecule has 48 valence electrons. The van der Waals surface area contributed by atoms with Gasteiger partial charge >= 0.3 is 34.2 Å². The molecule has 8 heavy (non-hydrogen) atoms. The summed E-state index contributed by atoms with van der Waals surface area (Å²) in [4.78, 5) is 0. The first-order valence-corrected chi connectivity index (χ1v) is 5.05. The second-order valence-electron chi connectivity index (χ2n) is 0.530. The van der Waals surface area contributed by atoms with Crippen molar-refractivity contribution in [3.63, 3.8) is 0 Å². The van der Waals surface area contributed by atoms with Crippen LogP contribution < -0.4 is 0 Å². The summed E-state index contributed by atoms with van der Waals surface area (Å²) in [5.74, 6) is 0. The SMILES string of the molecule is F[Si](F)(F)F.[F][Zn][F]. The normalized spacial score (nSPS) is 8.75. The van der Waals surface area contributed by atoms with Crippen LogP contribution in [0.3, 0.4) is 0 Å². The zero-order chi connectivity index (χ0) is 7.21. The Hall–Kier alpha value is 0.420. The van der Waals surface area contributed by atoms with E-state index in [0.29, 0.717) is 0 Å². The van der Waals surface area contributed by atoms with E-state index in [1.807, 2.05) is 0 Å². The van der Waals surface area contributed by atoms with E-state index >= 15 is 0 Å². The molecule has 0 saturated carbocycles. The van der Waals surface area contributed by atoms with Crippen LogP contribution in [0, 0.1) is 0 Å². The van der Waals surface area contributed by atoms with Crippen molar-refractivity contribution in [2.24, 2.45) is 0 Å². The molecule has 0 aromatic carbocycles. The van der Waals surface area contributed by atoms with Crippen LogP contribution >= 0.6 is 0 Å². The van der Waals surface area contributed by atoms with Gasteiger partial charge in [-0.05, 0) is 0 Å². The summed E-state index contributed by atoms with van der Waals surface area (Å²) in [5, 5.41) is 0. The van der Waals surface area contributed by atoms with Crippen LogP contribution in [0.1, 0.15) is 0 Å². The van der Waals surface area contributed by atoms with Gasteiger partial charge in [-0.15, -0.1) is 0 Å². The van der Waals surface area contributed by atoms with Crippen molar-refractivity contribution in [3.05, 3.63) is 0 Å². The minimum atomic E-state index is -6.61. The molecule has 0 aromatic rings. The van der Waals surface area contributed by atoms with E-state index in [-0.39, 0.29) is 0 Å². The van der Waals surface area contributed by atoms with Crippen LogP contribution in [0.15, 0.2) is 0 Å². The second-order valence-corrected chi connectivity index (χ2v) is 1.81. The van der Waals surface area contributed by atoms with E-state index in [1.54, 1.807) is 0 Å². The maximum absolute atomic E-state index is 9.83. The zero-order valence-electron chi connectivity index (χ0n) is 3.47. The molecule has 0 aliphatic rings. The first kappa shape index (κ1) is 11.2. The Morgan fingerprint density at radius 2 is 0.875 bits per heavy atom. The van der Waals surface area contributed by atoms with Crippen molar-refractivity contribution in [2.45, 2.75) is 0 Å². The summed E-state index contributed by atoms with van der Waals surface area (Å²) >= 11 is -2.88. The van der Waals surface area contributed by atoms with Gasteiger partial charge in [0.1, 0.15) is 0 Å². The first-order valence-electron chi connectivity index (χ1n) is 1.29. The average Bonchev–Trinajstić information content (AvgIpc) is 1.27. The number of rotatable bonds is 0. The molecule has 0 fully saturated rings. The van der Waals surface area contributed by atoms with E-state index < -0.39 is 27.5 Å². The average molecular weight is 207 g/mol. The van der Waals surface area contributed by atoms with Crippen molar-refractivity contribution in [3.8, 4) is 0 Å².